The topological polar surface area (TPSA) is 20.2 Å². The Morgan fingerprint density at radius 3 is 1.88 bits per heavy atom. The Labute approximate surface area is 50.8 Å². The van der Waals surface area contributed by atoms with Crippen LogP contribution in [0.1, 0.15) is 0 Å². The van der Waals surface area contributed by atoms with Gasteiger partial charge in [0, 0.05) is 0 Å². The summed E-state index contributed by atoms with van der Waals surface area (Å²) < 4.78 is 0. The molecule has 0 aromatic heterocycles. The van der Waals surface area contributed by atoms with E-state index in [0.717, 1.165) is 0 Å². The van der Waals surface area contributed by atoms with Crippen molar-refractivity contribution in [2.45, 2.75) is 12.6 Å². The van der Waals surface area contributed by atoms with E-state index in [-0.39, 0.29) is 6.92 Å². The number of hydrogen-bond acceptors (Lipinski definition) is 1. The van der Waals surface area contributed by atoms with Crippen LogP contribution in [0.3, 0.4) is 0 Å². The summed E-state index contributed by atoms with van der Waals surface area (Å²) in [6.07, 6.45) is 4.72. The van der Waals surface area contributed by atoms with E-state index in [4.69, 9.17) is 5.02 Å². The van der Waals surface area contributed by atoms with E-state index >= 15 is 0 Å². The third-order valence-electron chi connectivity index (χ3n) is 0.877. The largest absolute Gasteiger partial charge is 0.450 e. The van der Waals surface area contributed by atoms with E-state index in [1.54, 1.807) is 12.2 Å². The number of hydrogen-bond donors (Lipinski definition) is 1. The molecule has 0 aliphatic carbocycles. The van der Waals surface area contributed by atoms with Crippen molar-refractivity contribution in [1.82, 2.24) is 0 Å². The second-order valence-corrected chi connectivity index (χ2v) is 1.70. The normalized spacial score (nSPS) is 8.12. The first-order chi connectivity index (χ1) is 3.81. The first kappa shape index (κ1) is 7.50. The fourth-order valence-electron chi connectivity index (χ4n) is 0.481. The Morgan fingerprint density at radius 2 is 1.62 bits per heavy atom. The summed E-state index contributed by atoms with van der Waals surface area (Å²) in [6, 6.07) is 0. The zero-order valence-electron chi connectivity index (χ0n) is 5.01. The molecule has 0 aromatic rings. The Morgan fingerprint density at radius 1 is 1.25 bits per heavy atom. The van der Waals surface area contributed by atoms with E-state index in [1.807, 2.05) is 0 Å². The summed E-state index contributed by atoms with van der Waals surface area (Å²) in [5, 5.41) is 8.91. The van der Waals surface area contributed by atoms with Gasteiger partial charge < -0.3 is 5.02 Å². The van der Waals surface area contributed by atoms with E-state index in [0.29, 0.717) is 12.6 Å². The van der Waals surface area contributed by atoms with Crippen LogP contribution < -0.4 is 0 Å². The lowest BCUT2D eigenvalue weighted by atomic mass is 9.62. The molecule has 2 heteroatoms. The lowest BCUT2D eigenvalue weighted by molar-refractivity contribution is 0.577. The zero-order valence-corrected chi connectivity index (χ0v) is 5.01. The predicted molar refractivity (Wildman–Crippen MR) is 38.0 cm³/mol. The Balaban J connectivity index is 3.16. The van der Waals surface area contributed by atoms with Crippen LogP contribution in [0.4, 0.5) is 0 Å². The average molecular weight is 110 g/mol. The molecule has 0 saturated heterocycles. The molecule has 0 radical (unpaired) electrons. The van der Waals surface area contributed by atoms with Crippen LogP contribution in [0, 0.1) is 0 Å². The maximum Gasteiger partial charge on any atom is 0.296 e. The molecular weight excluding hydrogens is 98.9 g/mol. The Bertz CT molecular complexity index is 70.6. The monoisotopic (exact) mass is 110 g/mol. The molecule has 1 nitrogen and oxygen atoms in total. The fourth-order valence-corrected chi connectivity index (χ4v) is 0.481. The van der Waals surface area contributed by atoms with Gasteiger partial charge in [-0.05, 0) is 12.6 Å². The summed E-state index contributed by atoms with van der Waals surface area (Å²) in [5.41, 5.74) is 0. The molecule has 1 N–H and O–H groups in total. The highest BCUT2D eigenvalue weighted by atomic mass is 16.2. The van der Waals surface area contributed by atoms with Crippen LogP contribution >= 0.6 is 0 Å². The van der Waals surface area contributed by atoms with Gasteiger partial charge in [-0.3, -0.25) is 0 Å². The second kappa shape index (κ2) is 4.66. The van der Waals surface area contributed by atoms with E-state index < -0.39 is 0 Å². The van der Waals surface area contributed by atoms with Crippen LogP contribution in [-0.4, -0.2) is 11.9 Å². The van der Waals surface area contributed by atoms with Gasteiger partial charge in [0.05, 0.1) is 0 Å². The number of allylic oxidation sites excluding steroid dienone is 2. The first-order valence-corrected chi connectivity index (χ1v) is 2.71. The van der Waals surface area contributed by atoms with Crippen molar-refractivity contribution >= 4 is 6.92 Å². The smallest absolute Gasteiger partial charge is 0.296 e. The third-order valence-corrected chi connectivity index (χ3v) is 0.877. The van der Waals surface area contributed by atoms with Crippen LogP contribution in [0.5, 0.6) is 0 Å². The SMILES string of the molecule is C=CCB(O)CC=C. The predicted octanol–water partition coefficient (Wildman–Crippen LogP) is 1.34. The highest BCUT2D eigenvalue weighted by Crippen LogP contribution is 1.95. The van der Waals surface area contributed by atoms with Crippen LogP contribution in [0.2, 0.25) is 12.6 Å². The minimum absolute atomic E-state index is 0.273. The molecule has 0 fully saturated rings. The summed E-state index contributed by atoms with van der Waals surface area (Å²) >= 11 is 0. The molecule has 0 rings (SSSR count). The van der Waals surface area contributed by atoms with E-state index in [2.05, 4.69) is 13.2 Å². The van der Waals surface area contributed by atoms with Crippen molar-refractivity contribution in [2.75, 3.05) is 0 Å². The van der Waals surface area contributed by atoms with Crippen molar-refractivity contribution in [2.24, 2.45) is 0 Å². The first-order valence-electron chi connectivity index (χ1n) is 2.71. The van der Waals surface area contributed by atoms with Crippen molar-refractivity contribution in [1.29, 1.82) is 0 Å². The van der Waals surface area contributed by atoms with Crippen LogP contribution in [0.15, 0.2) is 25.3 Å². The Hall–Kier alpha value is -0.495. The van der Waals surface area contributed by atoms with Crippen molar-refractivity contribution in [3.05, 3.63) is 25.3 Å². The lowest BCUT2D eigenvalue weighted by Gasteiger charge is -1.94. The molecule has 0 aliphatic rings. The van der Waals surface area contributed by atoms with Gasteiger partial charge in [0.25, 0.3) is 6.92 Å². The van der Waals surface area contributed by atoms with Gasteiger partial charge in [0.15, 0.2) is 0 Å². The second-order valence-electron chi connectivity index (χ2n) is 1.70. The lowest BCUT2D eigenvalue weighted by Crippen LogP contribution is -2.07. The molecule has 8 heavy (non-hydrogen) atoms. The number of rotatable bonds is 4. The van der Waals surface area contributed by atoms with Crippen molar-refractivity contribution in [3.8, 4) is 0 Å². The minimum atomic E-state index is -0.273. The third kappa shape index (κ3) is 3.69. The summed E-state index contributed by atoms with van der Waals surface area (Å²) in [4.78, 5) is 0. The molecule has 0 spiro atoms. The van der Waals surface area contributed by atoms with Gasteiger partial charge in [-0.25, -0.2) is 0 Å². The molecular formula is C6H11BO. The highest BCUT2D eigenvalue weighted by molar-refractivity contribution is 6.51. The van der Waals surface area contributed by atoms with Crippen LogP contribution in [0.25, 0.3) is 0 Å². The van der Waals surface area contributed by atoms with Gasteiger partial charge in [-0.2, -0.15) is 0 Å². The van der Waals surface area contributed by atoms with Gasteiger partial charge in [-0.15, -0.1) is 13.2 Å². The van der Waals surface area contributed by atoms with Crippen molar-refractivity contribution < 1.29 is 5.02 Å². The molecule has 0 aliphatic heterocycles. The summed E-state index contributed by atoms with van der Waals surface area (Å²) in [5.74, 6) is 0. The molecule has 0 heterocycles. The van der Waals surface area contributed by atoms with E-state index in [9.17, 15) is 0 Å². The standard InChI is InChI=1S/C6H11BO/c1-3-5-7(8)6-4-2/h3-4,8H,1-2,5-6H2. The van der Waals surface area contributed by atoms with E-state index in [1.165, 1.54) is 0 Å². The Kier molecular flexibility index (Phi) is 4.37. The van der Waals surface area contributed by atoms with Crippen molar-refractivity contribution in [3.63, 3.8) is 0 Å². The molecule has 0 unspecified atom stereocenters. The maximum atomic E-state index is 8.91. The fraction of sp³-hybridized carbons (Fsp3) is 0.333. The molecule has 44 valence electrons. The van der Waals surface area contributed by atoms with Gasteiger partial charge >= 0.3 is 0 Å². The van der Waals surface area contributed by atoms with Crippen LogP contribution in [-0.2, 0) is 0 Å². The maximum absolute atomic E-state index is 8.91. The average Bonchev–Trinajstić information content (AvgIpc) is 1.68. The van der Waals surface area contributed by atoms with Gasteiger partial charge in [0.1, 0.15) is 0 Å². The molecule has 0 atom stereocenters. The highest BCUT2D eigenvalue weighted by Gasteiger charge is 2.02. The minimum Gasteiger partial charge on any atom is -0.450 e. The molecule has 0 saturated carbocycles. The molecule has 0 amide bonds. The van der Waals surface area contributed by atoms with Gasteiger partial charge in [-0.1, -0.05) is 12.2 Å². The quantitative estimate of drug-likeness (QED) is 0.427. The zero-order chi connectivity index (χ0) is 6.41. The van der Waals surface area contributed by atoms with Gasteiger partial charge in [0.2, 0.25) is 0 Å². The molecule has 0 aromatic carbocycles. The summed E-state index contributed by atoms with van der Waals surface area (Å²) in [7, 11) is 0. The molecule has 0 bridgehead atoms. The summed E-state index contributed by atoms with van der Waals surface area (Å²) in [6.45, 7) is 6.70.